The van der Waals surface area contributed by atoms with Crippen LogP contribution in [0.1, 0.15) is 17.5 Å². The molecule has 0 spiro atoms. The summed E-state index contributed by atoms with van der Waals surface area (Å²) in [7, 11) is -1.05. The van der Waals surface area contributed by atoms with E-state index in [0.717, 1.165) is 5.56 Å². The maximum Gasteiger partial charge on any atom is 0.269 e. The third kappa shape index (κ3) is 5.29. The molecule has 0 saturated carbocycles. The molecule has 0 saturated heterocycles. The maximum atomic E-state index is 12.9. The minimum absolute atomic E-state index is 0.113. The predicted molar refractivity (Wildman–Crippen MR) is 108 cm³/mol. The van der Waals surface area contributed by atoms with Crippen LogP contribution in [-0.2, 0) is 21.2 Å². The van der Waals surface area contributed by atoms with Gasteiger partial charge in [0.2, 0.25) is 15.9 Å². The lowest BCUT2D eigenvalue weighted by molar-refractivity contribution is -0.384. The van der Waals surface area contributed by atoms with Gasteiger partial charge >= 0.3 is 0 Å². The van der Waals surface area contributed by atoms with Crippen molar-refractivity contribution in [1.29, 1.82) is 0 Å². The van der Waals surface area contributed by atoms with Crippen molar-refractivity contribution < 1.29 is 18.1 Å². The Morgan fingerprint density at radius 2 is 1.82 bits per heavy atom. The third-order valence-corrected chi connectivity index (χ3v) is 5.99. The van der Waals surface area contributed by atoms with E-state index < -0.39 is 26.1 Å². The Bertz CT molecular complexity index is 959. The molecule has 0 aromatic heterocycles. The van der Waals surface area contributed by atoms with E-state index in [1.54, 1.807) is 6.92 Å². The monoisotopic (exact) mass is 405 g/mol. The molecular formula is C19H23N3O5S. The molecule has 8 nitrogen and oxygen atoms in total. The van der Waals surface area contributed by atoms with Crippen LogP contribution < -0.4 is 4.72 Å². The standard InChI is InChI=1S/C19H23N3O5S/c1-14-13-16(22(24)25)10-11-17(14)20-28(26,27)18(19(23)21(2)3)12-9-15-7-5-4-6-8-15/h4-8,10-11,13,18,20H,9,12H2,1-3H3. The van der Waals surface area contributed by atoms with E-state index >= 15 is 0 Å². The maximum absolute atomic E-state index is 12.9. The summed E-state index contributed by atoms with van der Waals surface area (Å²) in [4.78, 5) is 24.1. The second-order valence-electron chi connectivity index (χ2n) is 6.65. The SMILES string of the molecule is Cc1cc([N+](=O)[O-])ccc1NS(=O)(=O)C(CCc1ccccc1)C(=O)N(C)C. The van der Waals surface area contributed by atoms with Crippen molar-refractivity contribution in [2.75, 3.05) is 18.8 Å². The summed E-state index contributed by atoms with van der Waals surface area (Å²) in [5, 5.41) is 9.58. The van der Waals surface area contributed by atoms with Crippen molar-refractivity contribution in [2.45, 2.75) is 25.0 Å². The Morgan fingerprint density at radius 1 is 1.18 bits per heavy atom. The number of hydrogen-bond donors (Lipinski definition) is 1. The van der Waals surface area contributed by atoms with Gasteiger partial charge in [-0.25, -0.2) is 8.42 Å². The Labute approximate surface area is 164 Å². The fourth-order valence-electron chi connectivity index (χ4n) is 2.74. The van der Waals surface area contributed by atoms with Crippen LogP contribution >= 0.6 is 0 Å². The zero-order valence-electron chi connectivity index (χ0n) is 16.0. The number of carbonyl (C=O) groups excluding carboxylic acids is 1. The molecule has 0 aliphatic rings. The Hall–Kier alpha value is -2.94. The molecule has 0 aliphatic heterocycles. The van der Waals surface area contributed by atoms with Crippen LogP contribution in [0.2, 0.25) is 0 Å². The number of nitro groups is 1. The van der Waals surface area contributed by atoms with Crippen LogP contribution in [0.3, 0.4) is 0 Å². The fraction of sp³-hybridized carbons (Fsp3) is 0.316. The Morgan fingerprint density at radius 3 is 2.36 bits per heavy atom. The van der Waals surface area contributed by atoms with Gasteiger partial charge in [-0.05, 0) is 37.0 Å². The van der Waals surface area contributed by atoms with Gasteiger partial charge in [0.1, 0.15) is 0 Å². The van der Waals surface area contributed by atoms with Gasteiger partial charge in [-0.15, -0.1) is 0 Å². The van der Waals surface area contributed by atoms with Gasteiger partial charge in [-0.1, -0.05) is 30.3 Å². The second-order valence-corrected chi connectivity index (χ2v) is 8.51. The molecule has 2 aromatic carbocycles. The zero-order chi connectivity index (χ0) is 20.9. The lowest BCUT2D eigenvalue weighted by Crippen LogP contribution is -2.42. The summed E-state index contributed by atoms with van der Waals surface area (Å²) >= 11 is 0. The number of nitro benzene ring substituents is 1. The first kappa shape index (κ1) is 21.4. The number of sulfonamides is 1. The van der Waals surface area contributed by atoms with Crippen LogP contribution in [0.15, 0.2) is 48.5 Å². The number of nitrogens with zero attached hydrogens (tertiary/aromatic N) is 2. The average Bonchev–Trinajstić information content (AvgIpc) is 2.63. The van der Waals surface area contributed by atoms with E-state index in [0.29, 0.717) is 12.0 Å². The number of anilines is 1. The fourth-order valence-corrected chi connectivity index (χ4v) is 4.32. The number of carbonyl (C=O) groups is 1. The number of non-ortho nitro benzene ring substituents is 1. The molecule has 1 atom stereocenters. The van der Waals surface area contributed by atoms with E-state index in [-0.39, 0.29) is 17.8 Å². The molecule has 2 aromatic rings. The molecule has 9 heteroatoms. The smallest absolute Gasteiger partial charge is 0.269 e. The number of nitrogens with one attached hydrogen (secondary N) is 1. The molecule has 28 heavy (non-hydrogen) atoms. The van der Waals surface area contributed by atoms with Crippen molar-refractivity contribution in [3.63, 3.8) is 0 Å². The quantitative estimate of drug-likeness (QED) is 0.536. The second kappa shape index (κ2) is 8.83. The van der Waals surface area contributed by atoms with Crippen LogP contribution in [0.5, 0.6) is 0 Å². The van der Waals surface area contributed by atoms with Crippen LogP contribution in [0.4, 0.5) is 11.4 Å². The highest BCUT2D eigenvalue weighted by Gasteiger charge is 2.34. The largest absolute Gasteiger partial charge is 0.348 e. The topological polar surface area (TPSA) is 110 Å². The van der Waals surface area contributed by atoms with Crippen LogP contribution in [-0.4, -0.2) is 43.5 Å². The normalized spacial score (nSPS) is 12.2. The first-order valence-electron chi connectivity index (χ1n) is 8.63. The summed E-state index contributed by atoms with van der Waals surface area (Å²) in [5.41, 5.74) is 1.41. The number of amides is 1. The third-order valence-electron chi connectivity index (χ3n) is 4.30. The highest BCUT2D eigenvalue weighted by Crippen LogP contribution is 2.24. The van der Waals surface area contributed by atoms with Crippen molar-refractivity contribution >= 4 is 27.3 Å². The highest BCUT2D eigenvalue weighted by molar-refractivity contribution is 7.94. The minimum atomic E-state index is -4.06. The van der Waals surface area contributed by atoms with Gasteiger partial charge in [0.05, 0.1) is 10.6 Å². The van der Waals surface area contributed by atoms with Crippen molar-refractivity contribution in [1.82, 2.24) is 4.90 Å². The number of aryl methyl sites for hydroxylation is 2. The molecular weight excluding hydrogens is 382 g/mol. The lowest BCUT2D eigenvalue weighted by Gasteiger charge is -2.22. The first-order valence-corrected chi connectivity index (χ1v) is 10.2. The van der Waals surface area contributed by atoms with Gasteiger partial charge in [0, 0.05) is 26.2 Å². The highest BCUT2D eigenvalue weighted by atomic mass is 32.2. The van der Waals surface area contributed by atoms with E-state index in [1.807, 2.05) is 30.3 Å². The van der Waals surface area contributed by atoms with Gasteiger partial charge in [-0.3, -0.25) is 19.6 Å². The number of benzene rings is 2. The van der Waals surface area contributed by atoms with E-state index in [4.69, 9.17) is 0 Å². The zero-order valence-corrected chi connectivity index (χ0v) is 16.8. The molecule has 1 unspecified atom stereocenters. The van der Waals surface area contributed by atoms with E-state index in [9.17, 15) is 23.3 Å². The predicted octanol–water partition coefficient (Wildman–Crippen LogP) is 2.73. The van der Waals surface area contributed by atoms with E-state index in [2.05, 4.69) is 4.72 Å². The average molecular weight is 405 g/mol. The number of rotatable bonds is 8. The van der Waals surface area contributed by atoms with E-state index in [1.165, 1.54) is 37.2 Å². The van der Waals surface area contributed by atoms with Crippen molar-refractivity contribution in [3.05, 3.63) is 69.8 Å². The molecule has 1 amide bonds. The van der Waals surface area contributed by atoms with Crippen molar-refractivity contribution in [3.8, 4) is 0 Å². The summed E-state index contributed by atoms with van der Waals surface area (Å²) in [6, 6.07) is 13.1. The lowest BCUT2D eigenvalue weighted by atomic mass is 10.1. The van der Waals surface area contributed by atoms with Crippen molar-refractivity contribution in [2.24, 2.45) is 0 Å². The summed E-state index contributed by atoms with van der Waals surface area (Å²) < 4.78 is 28.3. The minimum Gasteiger partial charge on any atom is -0.348 e. The molecule has 0 heterocycles. The summed E-state index contributed by atoms with van der Waals surface area (Å²) in [6.45, 7) is 1.57. The summed E-state index contributed by atoms with van der Waals surface area (Å²) in [5.74, 6) is -0.525. The Kier molecular flexibility index (Phi) is 6.74. The molecule has 2 rings (SSSR count). The summed E-state index contributed by atoms with van der Waals surface area (Å²) in [6.07, 6.45) is 0.535. The van der Waals surface area contributed by atoms with Crippen LogP contribution in [0, 0.1) is 17.0 Å². The molecule has 0 bridgehead atoms. The molecule has 1 N–H and O–H groups in total. The molecule has 150 valence electrons. The van der Waals surface area contributed by atoms with Gasteiger partial charge in [0.15, 0.2) is 5.25 Å². The van der Waals surface area contributed by atoms with Gasteiger partial charge < -0.3 is 4.90 Å². The van der Waals surface area contributed by atoms with Crippen LogP contribution in [0.25, 0.3) is 0 Å². The number of hydrogen-bond acceptors (Lipinski definition) is 5. The first-order chi connectivity index (χ1) is 13.1. The van der Waals surface area contributed by atoms with Gasteiger partial charge in [-0.2, -0.15) is 0 Å². The van der Waals surface area contributed by atoms with Gasteiger partial charge in [0.25, 0.3) is 5.69 Å². The molecule has 0 radical (unpaired) electrons. The molecule has 0 fully saturated rings. The molecule has 0 aliphatic carbocycles. The Balaban J connectivity index is 2.27.